The third kappa shape index (κ3) is 30.0. The van der Waals surface area contributed by atoms with Crippen molar-refractivity contribution in [1.82, 2.24) is 0 Å². The van der Waals surface area contributed by atoms with Crippen LogP contribution in [0.2, 0.25) is 0 Å². The monoisotopic (exact) mass is 119 g/mol. The van der Waals surface area contributed by atoms with Crippen LogP contribution in [0.25, 0.3) is 0 Å². The van der Waals surface area contributed by atoms with E-state index in [-0.39, 0.29) is 51.4 Å². The average Bonchev–Trinajstić information content (AvgIpc) is 0.811. The summed E-state index contributed by atoms with van der Waals surface area (Å²) < 4.78 is 17.2. The van der Waals surface area contributed by atoms with Crippen LogP contribution in [0.4, 0.5) is 0 Å². The first-order valence-corrected chi connectivity index (χ1v) is 1.70. The van der Waals surface area contributed by atoms with E-state index in [0.717, 1.165) is 0 Å². The summed E-state index contributed by atoms with van der Waals surface area (Å²) in [5, 5.41) is 0. The first-order valence-electron chi connectivity index (χ1n) is 0.565. The van der Waals surface area contributed by atoms with E-state index in [2.05, 4.69) is 0 Å². The maximum absolute atomic E-state index is 8.59. The second-order valence-electron chi connectivity index (χ2n) is 0.238. The van der Waals surface area contributed by atoms with Gasteiger partial charge in [-0.25, -0.2) is 9.13 Å². The van der Waals surface area contributed by atoms with Gasteiger partial charge in [-0.1, -0.05) is 0 Å². The topological polar surface area (TPSA) is 54.4 Å². The van der Waals surface area contributed by atoms with Crippen molar-refractivity contribution in [3.05, 3.63) is 0 Å². The normalized spacial score (nSPS) is 5.00. The third-order valence-corrected chi connectivity index (χ3v) is 0. The summed E-state index contributed by atoms with van der Waals surface area (Å²) in [5.74, 6) is 0. The van der Waals surface area contributed by atoms with Crippen molar-refractivity contribution >= 4 is 59.3 Å². The van der Waals surface area contributed by atoms with Crippen LogP contribution in [0.15, 0.2) is 0 Å². The molecule has 0 aromatic carbocycles. The molecule has 1 N–H and O–H groups in total. The maximum Gasteiger partial charge on any atom is 0.465 e. The third-order valence-electron chi connectivity index (χ3n) is 0. The van der Waals surface area contributed by atoms with Gasteiger partial charge < -0.3 is 0 Å². The van der Waals surface area contributed by atoms with Gasteiger partial charge in [0.2, 0.25) is 0 Å². The molecule has 0 saturated heterocycles. The molecule has 25 valence electrons. The van der Waals surface area contributed by atoms with Gasteiger partial charge in [-0.05, 0) is 0 Å². The molecule has 0 aliphatic heterocycles. The summed E-state index contributed by atoms with van der Waals surface area (Å²) in [5.41, 5.74) is 0. The minimum absolute atomic E-state index is 0. The Kier molecular flexibility index (Phi) is 10.7. The molecule has 0 spiro atoms. The second kappa shape index (κ2) is 5.50. The zero-order valence-electron chi connectivity index (χ0n) is 2.71. The molecule has 5 heavy (non-hydrogen) atoms. The predicted molar refractivity (Wildman–Crippen MR) is 16.3 cm³/mol. The number of rotatable bonds is 0. The van der Waals surface area contributed by atoms with E-state index in [9.17, 15) is 0 Å². The molecular formula is HKO3P. The Bertz CT molecular complexity index is 55.3. The maximum atomic E-state index is 8.59. The molecule has 0 heterocycles. The quantitative estimate of drug-likeness (QED) is 0.351. The van der Waals surface area contributed by atoms with Gasteiger partial charge in [-0.3, -0.25) is 4.89 Å². The van der Waals surface area contributed by atoms with Crippen molar-refractivity contribution in [2.75, 3.05) is 0 Å². The smallest absolute Gasteiger partial charge is 0.287 e. The molecule has 0 rings (SSSR count). The van der Waals surface area contributed by atoms with Gasteiger partial charge in [0, 0.05) is 51.4 Å². The zero-order chi connectivity index (χ0) is 3.58. The fraction of sp³-hybridized carbons (Fsp3) is 0. The molecule has 0 amide bonds. The molecule has 0 saturated carbocycles. The predicted octanol–water partition coefficient (Wildman–Crippen LogP) is -0.314. The molecule has 0 aliphatic carbocycles. The minimum Gasteiger partial charge on any atom is -0.287 e. The van der Waals surface area contributed by atoms with Gasteiger partial charge in [-0.15, -0.1) is 0 Å². The Labute approximate surface area is 72.1 Å². The standard InChI is InChI=1S/K.HO3P/c;1-4(2)3/h;(H,1,2,3). The minimum atomic E-state index is -3.12. The van der Waals surface area contributed by atoms with E-state index < -0.39 is 7.91 Å². The summed E-state index contributed by atoms with van der Waals surface area (Å²) in [6.07, 6.45) is 0. The van der Waals surface area contributed by atoms with Gasteiger partial charge in [0.05, 0.1) is 0 Å². The van der Waals surface area contributed by atoms with E-state index in [1.165, 1.54) is 0 Å². The molecule has 0 atom stereocenters. The number of hydrogen-bond acceptors (Lipinski definition) is 2. The molecular weight excluding hydrogens is 118 g/mol. The fourth-order valence-electron chi connectivity index (χ4n) is 0. The van der Waals surface area contributed by atoms with Crippen LogP contribution < -0.4 is 0 Å². The van der Waals surface area contributed by atoms with Crippen molar-refractivity contribution < 1.29 is 14.0 Å². The van der Waals surface area contributed by atoms with Crippen LogP contribution in [0.1, 0.15) is 0 Å². The summed E-state index contributed by atoms with van der Waals surface area (Å²) in [6.45, 7) is 0. The van der Waals surface area contributed by atoms with Gasteiger partial charge in [0.25, 0.3) is 0 Å². The van der Waals surface area contributed by atoms with Crippen LogP contribution in [0.3, 0.4) is 0 Å². The van der Waals surface area contributed by atoms with E-state index in [1.807, 2.05) is 0 Å². The van der Waals surface area contributed by atoms with E-state index in [0.29, 0.717) is 0 Å². The Morgan fingerprint density at radius 2 is 1.40 bits per heavy atom. The first-order chi connectivity index (χ1) is 1.73. The number of hydrogen-bond donors (Lipinski definition) is 1. The Morgan fingerprint density at radius 3 is 1.40 bits per heavy atom. The van der Waals surface area contributed by atoms with Crippen molar-refractivity contribution in [3.8, 4) is 0 Å². The van der Waals surface area contributed by atoms with Gasteiger partial charge in [0.1, 0.15) is 0 Å². The molecule has 0 aromatic rings. The molecule has 3 nitrogen and oxygen atoms in total. The SMILES string of the molecule is O=P(=O)O.[K]. The summed E-state index contributed by atoms with van der Waals surface area (Å²) in [7, 11) is -3.12. The van der Waals surface area contributed by atoms with E-state index in [1.54, 1.807) is 0 Å². The Morgan fingerprint density at radius 1 is 1.40 bits per heavy atom. The van der Waals surface area contributed by atoms with E-state index in [4.69, 9.17) is 14.0 Å². The average molecular weight is 119 g/mol. The second-order valence-corrected chi connectivity index (χ2v) is 0.714. The van der Waals surface area contributed by atoms with Gasteiger partial charge >= 0.3 is 7.91 Å². The molecule has 0 fully saturated rings. The van der Waals surface area contributed by atoms with Crippen LogP contribution >= 0.6 is 7.91 Å². The van der Waals surface area contributed by atoms with Crippen molar-refractivity contribution in [2.24, 2.45) is 0 Å². The summed E-state index contributed by atoms with van der Waals surface area (Å²) >= 11 is 0. The van der Waals surface area contributed by atoms with Crippen LogP contribution in [0, 0.1) is 0 Å². The van der Waals surface area contributed by atoms with Crippen molar-refractivity contribution in [3.63, 3.8) is 0 Å². The van der Waals surface area contributed by atoms with Gasteiger partial charge in [0.15, 0.2) is 0 Å². The molecule has 0 unspecified atom stereocenters. The summed E-state index contributed by atoms with van der Waals surface area (Å²) in [4.78, 5) is 7.01. The summed E-state index contributed by atoms with van der Waals surface area (Å²) in [6, 6.07) is 0. The molecule has 0 aromatic heterocycles. The van der Waals surface area contributed by atoms with Crippen molar-refractivity contribution in [2.45, 2.75) is 0 Å². The molecule has 1 radical (unpaired) electrons. The Hall–Kier alpha value is 1.50. The van der Waals surface area contributed by atoms with Crippen LogP contribution in [-0.4, -0.2) is 56.3 Å². The van der Waals surface area contributed by atoms with Crippen molar-refractivity contribution in [1.29, 1.82) is 0 Å². The molecule has 0 bridgehead atoms. The zero-order valence-corrected chi connectivity index (χ0v) is 6.73. The molecule has 5 heteroatoms. The Balaban J connectivity index is 0. The van der Waals surface area contributed by atoms with E-state index >= 15 is 0 Å². The first kappa shape index (κ1) is 9.71. The molecule has 0 aliphatic rings. The van der Waals surface area contributed by atoms with Gasteiger partial charge in [-0.2, -0.15) is 0 Å². The van der Waals surface area contributed by atoms with Crippen LogP contribution in [-0.2, 0) is 9.13 Å². The largest absolute Gasteiger partial charge is 0.465 e. The fourth-order valence-corrected chi connectivity index (χ4v) is 0. The van der Waals surface area contributed by atoms with Crippen LogP contribution in [0.5, 0.6) is 0 Å².